The van der Waals surface area contributed by atoms with Crippen LogP contribution < -0.4 is 4.74 Å². The fourth-order valence-corrected chi connectivity index (χ4v) is 2.80. The van der Waals surface area contributed by atoms with Gasteiger partial charge in [-0.3, -0.25) is 0 Å². The summed E-state index contributed by atoms with van der Waals surface area (Å²) in [6.07, 6.45) is 2.71. The first-order valence-electron chi connectivity index (χ1n) is 9.75. The molecule has 0 saturated carbocycles. The Bertz CT molecular complexity index is 774. The monoisotopic (exact) mass is 362 g/mol. The summed E-state index contributed by atoms with van der Waals surface area (Å²) in [5.41, 5.74) is 3.28. The van der Waals surface area contributed by atoms with Crippen LogP contribution in [-0.2, 0) is 11.2 Å². The number of carbonyl (C=O) groups excluding carboxylic acids is 1. The molecular formula is C25H30O2. The van der Waals surface area contributed by atoms with Gasteiger partial charge in [0.25, 0.3) is 0 Å². The van der Waals surface area contributed by atoms with Gasteiger partial charge in [0, 0.05) is 17.5 Å². The maximum absolute atomic E-state index is 11.2. The van der Waals surface area contributed by atoms with Crippen molar-refractivity contribution in [3.63, 3.8) is 0 Å². The van der Waals surface area contributed by atoms with Crippen molar-refractivity contribution in [1.29, 1.82) is 0 Å². The largest absolute Gasteiger partial charge is 0.493 e. The summed E-state index contributed by atoms with van der Waals surface area (Å²) in [5.74, 6) is 8.53. The third-order valence-corrected chi connectivity index (χ3v) is 4.30. The SMILES string of the molecule is CC(=O)CC(C)CCc1ccc(C#Cc2ccc(OCC(C)C)cc2)cc1. The van der Waals surface area contributed by atoms with Crippen molar-refractivity contribution < 1.29 is 9.53 Å². The molecule has 0 spiro atoms. The smallest absolute Gasteiger partial charge is 0.130 e. The van der Waals surface area contributed by atoms with E-state index < -0.39 is 0 Å². The normalized spacial score (nSPS) is 11.6. The minimum atomic E-state index is 0.271. The highest BCUT2D eigenvalue weighted by molar-refractivity contribution is 5.75. The molecule has 2 nitrogen and oxygen atoms in total. The summed E-state index contributed by atoms with van der Waals surface area (Å²) in [6.45, 7) is 8.80. The molecule has 0 aliphatic heterocycles. The standard InChI is InChI=1S/C25H30O2/c1-19(2)18-27-25-15-13-24(14-16-25)12-11-23-9-7-22(8-10-23)6-5-20(3)17-21(4)26/h7-10,13-16,19-20H,5-6,17-18H2,1-4H3. The number of benzene rings is 2. The Labute approximate surface area is 164 Å². The third-order valence-electron chi connectivity index (χ3n) is 4.30. The number of aryl methyl sites for hydroxylation is 1. The summed E-state index contributed by atoms with van der Waals surface area (Å²) >= 11 is 0. The van der Waals surface area contributed by atoms with Gasteiger partial charge in [-0.15, -0.1) is 0 Å². The van der Waals surface area contributed by atoms with Crippen molar-refractivity contribution in [2.24, 2.45) is 11.8 Å². The second-order valence-corrected chi connectivity index (χ2v) is 7.73. The van der Waals surface area contributed by atoms with E-state index in [1.54, 1.807) is 6.92 Å². The Balaban J connectivity index is 1.88. The van der Waals surface area contributed by atoms with Gasteiger partial charge in [-0.25, -0.2) is 0 Å². The Kier molecular flexibility index (Phi) is 8.14. The molecule has 0 saturated heterocycles. The van der Waals surface area contributed by atoms with E-state index >= 15 is 0 Å². The third kappa shape index (κ3) is 8.13. The zero-order valence-electron chi connectivity index (χ0n) is 16.9. The first kappa shape index (κ1) is 20.8. The van der Waals surface area contributed by atoms with Gasteiger partial charge in [-0.2, -0.15) is 0 Å². The minimum absolute atomic E-state index is 0.271. The molecule has 0 N–H and O–H groups in total. The highest BCUT2D eigenvalue weighted by Gasteiger charge is 2.05. The molecule has 2 aromatic rings. The lowest BCUT2D eigenvalue weighted by Crippen LogP contribution is -2.04. The zero-order valence-corrected chi connectivity index (χ0v) is 16.9. The van der Waals surface area contributed by atoms with Gasteiger partial charge in [0.2, 0.25) is 0 Å². The Hall–Kier alpha value is -2.53. The molecule has 2 heteroatoms. The molecule has 0 bridgehead atoms. The fraction of sp³-hybridized carbons (Fsp3) is 0.400. The van der Waals surface area contributed by atoms with Gasteiger partial charge in [0.1, 0.15) is 11.5 Å². The Morgan fingerprint density at radius 1 is 0.926 bits per heavy atom. The minimum Gasteiger partial charge on any atom is -0.493 e. The highest BCUT2D eigenvalue weighted by Crippen LogP contribution is 2.15. The number of hydrogen-bond acceptors (Lipinski definition) is 2. The number of ketones is 1. The van der Waals surface area contributed by atoms with Crippen LogP contribution in [0.4, 0.5) is 0 Å². The van der Waals surface area contributed by atoms with Gasteiger partial charge in [-0.1, -0.05) is 44.7 Å². The van der Waals surface area contributed by atoms with Crippen LogP contribution in [0.3, 0.4) is 0 Å². The second-order valence-electron chi connectivity index (χ2n) is 7.73. The van der Waals surface area contributed by atoms with Crippen molar-refractivity contribution in [3.05, 3.63) is 65.2 Å². The zero-order chi connectivity index (χ0) is 19.6. The molecule has 1 unspecified atom stereocenters. The van der Waals surface area contributed by atoms with Crippen LogP contribution in [0.25, 0.3) is 0 Å². The van der Waals surface area contributed by atoms with Gasteiger partial charge in [-0.05, 0) is 73.6 Å². The number of carbonyl (C=O) groups is 1. The molecule has 2 aromatic carbocycles. The Morgan fingerprint density at radius 2 is 1.48 bits per heavy atom. The maximum atomic E-state index is 11.2. The van der Waals surface area contributed by atoms with Crippen molar-refractivity contribution in [1.82, 2.24) is 0 Å². The highest BCUT2D eigenvalue weighted by atomic mass is 16.5. The molecule has 0 heterocycles. The van der Waals surface area contributed by atoms with Crippen molar-refractivity contribution in [2.45, 2.75) is 47.0 Å². The average Bonchev–Trinajstić information content (AvgIpc) is 2.64. The molecule has 0 radical (unpaired) electrons. The maximum Gasteiger partial charge on any atom is 0.130 e. The molecule has 2 rings (SSSR count). The molecule has 0 aliphatic rings. The molecule has 0 aliphatic carbocycles. The van der Waals surface area contributed by atoms with E-state index in [1.165, 1.54) is 5.56 Å². The van der Waals surface area contributed by atoms with Gasteiger partial charge in [0.15, 0.2) is 0 Å². The van der Waals surface area contributed by atoms with E-state index in [0.717, 1.165) is 36.3 Å². The van der Waals surface area contributed by atoms with Crippen LogP contribution in [0, 0.1) is 23.7 Å². The van der Waals surface area contributed by atoms with Crippen LogP contribution >= 0.6 is 0 Å². The summed E-state index contributed by atoms with van der Waals surface area (Å²) in [7, 11) is 0. The lowest BCUT2D eigenvalue weighted by atomic mass is 9.96. The predicted molar refractivity (Wildman–Crippen MR) is 112 cm³/mol. The van der Waals surface area contributed by atoms with Gasteiger partial charge < -0.3 is 9.53 Å². The van der Waals surface area contributed by atoms with E-state index in [4.69, 9.17) is 4.74 Å². The lowest BCUT2D eigenvalue weighted by molar-refractivity contribution is -0.117. The van der Waals surface area contributed by atoms with E-state index in [-0.39, 0.29) is 5.78 Å². The van der Waals surface area contributed by atoms with Gasteiger partial charge in [0.05, 0.1) is 6.61 Å². The van der Waals surface area contributed by atoms with Crippen molar-refractivity contribution in [3.8, 4) is 17.6 Å². The molecule has 27 heavy (non-hydrogen) atoms. The van der Waals surface area contributed by atoms with Crippen LogP contribution in [0.15, 0.2) is 48.5 Å². The summed E-state index contributed by atoms with van der Waals surface area (Å²) in [5, 5.41) is 0. The molecule has 0 fully saturated rings. The number of Topliss-reactive ketones (excluding diaryl/α,β-unsaturated/α-hetero) is 1. The quantitative estimate of drug-likeness (QED) is 0.566. The van der Waals surface area contributed by atoms with Crippen LogP contribution in [0.2, 0.25) is 0 Å². The second kappa shape index (κ2) is 10.6. The molecule has 0 amide bonds. The summed E-state index contributed by atoms with van der Waals surface area (Å²) in [4.78, 5) is 11.2. The van der Waals surface area contributed by atoms with Crippen LogP contribution in [-0.4, -0.2) is 12.4 Å². The molecule has 1 atom stereocenters. The average molecular weight is 363 g/mol. The fourth-order valence-electron chi connectivity index (χ4n) is 2.80. The van der Waals surface area contributed by atoms with Crippen molar-refractivity contribution >= 4 is 5.78 Å². The lowest BCUT2D eigenvalue weighted by Gasteiger charge is -2.09. The Morgan fingerprint density at radius 3 is 2.00 bits per heavy atom. The molecule has 0 aromatic heterocycles. The number of hydrogen-bond donors (Lipinski definition) is 0. The van der Waals surface area contributed by atoms with Gasteiger partial charge >= 0.3 is 0 Å². The van der Waals surface area contributed by atoms with E-state index in [1.807, 2.05) is 24.3 Å². The van der Waals surface area contributed by atoms with Crippen LogP contribution in [0.1, 0.15) is 57.2 Å². The van der Waals surface area contributed by atoms with E-state index in [9.17, 15) is 4.79 Å². The molecular weight excluding hydrogens is 332 g/mol. The van der Waals surface area contributed by atoms with Crippen LogP contribution in [0.5, 0.6) is 5.75 Å². The number of rotatable bonds is 8. The van der Waals surface area contributed by atoms with E-state index in [0.29, 0.717) is 18.3 Å². The van der Waals surface area contributed by atoms with Crippen molar-refractivity contribution in [2.75, 3.05) is 6.61 Å². The first-order valence-corrected chi connectivity index (χ1v) is 9.75. The number of ether oxygens (including phenoxy) is 1. The predicted octanol–water partition coefficient (Wildman–Crippen LogP) is 5.67. The summed E-state index contributed by atoms with van der Waals surface area (Å²) in [6, 6.07) is 16.3. The topological polar surface area (TPSA) is 26.3 Å². The first-order chi connectivity index (χ1) is 12.9. The van der Waals surface area contributed by atoms with E-state index in [2.05, 4.69) is 56.9 Å². The molecule has 142 valence electrons. The summed E-state index contributed by atoms with van der Waals surface area (Å²) < 4.78 is 5.69.